The van der Waals surface area contributed by atoms with Gasteiger partial charge in [0.2, 0.25) is 10.0 Å². The smallest absolute Gasteiger partial charge is 0.309 e. The molecule has 0 spiro atoms. The minimum Gasteiger partial charge on any atom is -0.497 e. The van der Waals surface area contributed by atoms with E-state index >= 15 is 0 Å². The summed E-state index contributed by atoms with van der Waals surface area (Å²) in [7, 11) is -2.23. The fraction of sp³-hybridized carbons (Fsp3) is 0.417. The highest BCUT2D eigenvalue weighted by Crippen LogP contribution is 2.27. The van der Waals surface area contributed by atoms with Gasteiger partial charge in [0, 0.05) is 25.7 Å². The van der Waals surface area contributed by atoms with E-state index in [1.165, 1.54) is 23.4 Å². The Hall–Kier alpha value is -2.98. The molecule has 2 amide bonds. The van der Waals surface area contributed by atoms with E-state index in [2.05, 4.69) is 10.6 Å². The number of aryl methyl sites for hydroxylation is 1. The van der Waals surface area contributed by atoms with E-state index in [1.807, 2.05) is 0 Å². The molecule has 0 radical (unpaired) electrons. The summed E-state index contributed by atoms with van der Waals surface area (Å²) in [5.74, 6) is -1.29. The number of methoxy groups -OCH3 is 1. The van der Waals surface area contributed by atoms with Gasteiger partial charge >= 0.3 is 11.8 Å². The van der Waals surface area contributed by atoms with Crippen molar-refractivity contribution in [3.05, 3.63) is 59.4 Å². The number of hydrogen-bond donors (Lipinski definition) is 2. The number of rotatable bonds is 8. The standard InChI is InChI=1S/C24H30FN3O5S/c1-17-15-21(10-11-22(17)25)34(31,32)28-14-4-3-5-19(28)12-13-26-23(29)24(30)27-16-18-6-8-20(33-2)9-7-18/h6-11,15,19H,3-5,12-14,16H2,1-2H3,(H,26,29)(H,27,30)/t19-/m1/s1. The van der Waals surface area contributed by atoms with E-state index in [-0.39, 0.29) is 29.6 Å². The predicted molar refractivity (Wildman–Crippen MR) is 125 cm³/mol. The molecule has 1 atom stereocenters. The second-order valence-corrected chi connectivity index (χ2v) is 10.1. The Kier molecular flexibility index (Phi) is 8.62. The highest BCUT2D eigenvalue weighted by atomic mass is 32.2. The maximum atomic E-state index is 13.6. The van der Waals surface area contributed by atoms with Crippen LogP contribution in [0.25, 0.3) is 0 Å². The lowest BCUT2D eigenvalue weighted by atomic mass is 10.0. The summed E-state index contributed by atoms with van der Waals surface area (Å²) in [5.41, 5.74) is 1.09. The minimum atomic E-state index is -3.80. The molecule has 0 aromatic heterocycles. The second kappa shape index (κ2) is 11.4. The van der Waals surface area contributed by atoms with Crippen molar-refractivity contribution in [2.75, 3.05) is 20.2 Å². The topological polar surface area (TPSA) is 105 Å². The number of sulfonamides is 1. The maximum absolute atomic E-state index is 13.6. The van der Waals surface area contributed by atoms with Crippen molar-refractivity contribution >= 4 is 21.8 Å². The van der Waals surface area contributed by atoms with E-state index in [9.17, 15) is 22.4 Å². The molecule has 3 rings (SSSR count). The third kappa shape index (κ3) is 6.32. The first-order chi connectivity index (χ1) is 16.2. The molecule has 10 heteroatoms. The normalized spacial score (nSPS) is 16.6. The van der Waals surface area contributed by atoms with Crippen molar-refractivity contribution < 1.29 is 27.1 Å². The third-order valence-corrected chi connectivity index (χ3v) is 7.84. The van der Waals surface area contributed by atoms with E-state index < -0.39 is 27.7 Å². The summed E-state index contributed by atoms with van der Waals surface area (Å²) < 4.78 is 46.5. The highest BCUT2D eigenvalue weighted by Gasteiger charge is 2.33. The average Bonchev–Trinajstić information content (AvgIpc) is 2.84. The second-order valence-electron chi connectivity index (χ2n) is 8.25. The molecule has 1 heterocycles. The molecular weight excluding hydrogens is 461 g/mol. The number of piperidine rings is 1. The van der Waals surface area contributed by atoms with Gasteiger partial charge in [-0.2, -0.15) is 4.31 Å². The molecule has 0 bridgehead atoms. The van der Waals surface area contributed by atoms with Crippen LogP contribution in [0.5, 0.6) is 5.75 Å². The van der Waals surface area contributed by atoms with Gasteiger partial charge in [0.25, 0.3) is 0 Å². The first-order valence-electron chi connectivity index (χ1n) is 11.2. The molecule has 1 saturated heterocycles. The molecule has 34 heavy (non-hydrogen) atoms. The molecule has 1 aliphatic rings. The average molecular weight is 492 g/mol. The Morgan fingerprint density at radius 2 is 1.79 bits per heavy atom. The number of carbonyl (C=O) groups is 2. The number of halogens is 1. The SMILES string of the molecule is COc1ccc(CNC(=O)C(=O)NCC[C@H]2CCCCN2S(=O)(=O)c2ccc(F)c(C)c2)cc1. The number of amides is 2. The van der Waals surface area contributed by atoms with Crippen molar-refractivity contribution in [1.82, 2.24) is 14.9 Å². The zero-order valence-electron chi connectivity index (χ0n) is 19.3. The van der Waals surface area contributed by atoms with Crippen LogP contribution in [0.2, 0.25) is 0 Å². The van der Waals surface area contributed by atoms with Gasteiger partial charge in [0.15, 0.2) is 0 Å². The lowest BCUT2D eigenvalue weighted by Crippen LogP contribution is -2.46. The van der Waals surface area contributed by atoms with Gasteiger partial charge in [-0.25, -0.2) is 12.8 Å². The number of nitrogens with zero attached hydrogens (tertiary/aromatic N) is 1. The van der Waals surface area contributed by atoms with Crippen LogP contribution in [-0.2, 0) is 26.2 Å². The molecule has 184 valence electrons. The summed E-state index contributed by atoms with van der Waals surface area (Å²) in [6, 6.07) is 10.6. The molecule has 2 aromatic rings. The molecule has 0 aliphatic carbocycles. The van der Waals surface area contributed by atoms with Crippen LogP contribution in [0.4, 0.5) is 4.39 Å². The Balaban J connectivity index is 1.53. The number of nitrogens with one attached hydrogen (secondary N) is 2. The monoisotopic (exact) mass is 491 g/mol. The van der Waals surface area contributed by atoms with Crippen LogP contribution in [-0.4, -0.2) is 50.8 Å². The van der Waals surface area contributed by atoms with Crippen molar-refractivity contribution in [2.24, 2.45) is 0 Å². The first-order valence-corrected chi connectivity index (χ1v) is 12.6. The zero-order chi connectivity index (χ0) is 24.7. The fourth-order valence-corrected chi connectivity index (χ4v) is 5.74. The summed E-state index contributed by atoms with van der Waals surface area (Å²) in [5, 5.41) is 5.13. The van der Waals surface area contributed by atoms with E-state index in [4.69, 9.17) is 4.74 Å². The van der Waals surface area contributed by atoms with Crippen LogP contribution in [0.1, 0.15) is 36.8 Å². The summed E-state index contributed by atoms with van der Waals surface area (Å²) in [6.45, 7) is 2.24. The summed E-state index contributed by atoms with van der Waals surface area (Å²) in [6.07, 6.45) is 2.63. The Morgan fingerprint density at radius 1 is 1.09 bits per heavy atom. The van der Waals surface area contributed by atoms with Crippen molar-refractivity contribution in [2.45, 2.75) is 50.1 Å². The number of benzene rings is 2. The van der Waals surface area contributed by atoms with E-state index in [1.54, 1.807) is 31.4 Å². The highest BCUT2D eigenvalue weighted by molar-refractivity contribution is 7.89. The molecule has 0 unspecified atom stereocenters. The van der Waals surface area contributed by atoms with Gasteiger partial charge in [-0.1, -0.05) is 18.6 Å². The van der Waals surface area contributed by atoms with E-state index in [0.717, 1.165) is 24.5 Å². The van der Waals surface area contributed by atoms with Crippen LogP contribution < -0.4 is 15.4 Å². The molecule has 1 aliphatic heterocycles. The van der Waals surface area contributed by atoms with Crippen LogP contribution in [0.3, 0.4) is 0 Å². The van der Waals surface area contributed by atoms with Gasteiger partial charge in [0.1, 0.15) is 11.6 Å². The number of hydrogen-bond acceptors (Lipinski definition) is 5. The third-order valence-electron chi connectivity index (χ3n) is 5.89. The van der Waals surface area contributed by atoms with E-state index in [0.29, 0.717) is 25.1 Å². The van der Waals surface area contributed by atoms with Gasteiger partial charge in [-0.05, 0) is 67.6 Å². The molecular formula is C24H30FN3O5S. The maximum Gasteiger partial charge on any atom is 0.309 e. The quantitative estimate of drug-likeness (QED) is 0.552. The predicted octanol–water partition coefficient (Wildman–Crippen LogP) is 2.51. The van der Waals surface area contributed by atoms with Crippen molar-refractivity contribution in [3.63, 3.8) is 0 Å². The fourth-order valence-electron chi connectivity index (χ4n) is 3.93. The number of ether oxygens (including phenoxy) is 1. The van der Waals surface area contributed by atoms with Crippen molar-refractivity contribution in [1.29, 1.82) is 0 Å². The number of carbonyl (C=O) groups excluding carboxylic acids is 2. The van der Waals surface area contributed by atoms with Gasteiger partial charge in [0.05, 0.1) is 12.0 Å². The summed E-state index contributed by atoms with van der Waals surface area (Å²) >= 11 is 0. The van der Waals surface area contributed by atoms with Crippen molar-refractivity contribution in [3.8, 4) is 5.75 Å². The van der Waals surface area contributed by atoms with Gasteiger partial charge in [-0.3, -0.25) is 9.59 Å². The largest absolute Gasteiger partial charge is 0.497 e. The molecule has 0 saturated carbocycles. The molecule has 8 nitrogen and oxygen atoms in total. The first kappa shape index (κ1) is 25.6. The Labute approximate surface area is 199 Å². The zero-order valence-corrected chi connectivity index (χ0v) is 20.2. The molecule has 2 N–H and O–H groups in total. The van der Waals surface area contributed by atoms with Crippen LogP contribution >= 0.6 is 0 Å². The molecule has 2 aromatic carbocycles. The lowest BCUT2D eigenvalue weighted by molar-refractivity contribution is -0.139. The van der Waals surface area contributed by atoms with Gasteiger partial charge in [-0.15, -0.1) is 0 Å². The minimum absolute atomic E-state index is 0.0558. The van der Waals surface area contributed by atoms with Crippen LogP contribution in [0, 0.1) is 12.7 Å². The summed E-state index contributed by atoms with van der Waals surface area (Å²) in [4.78, 5) is 24.3. The molecule has 1 fully saturated rings. The Morgan fingerprint density at radius 3 is 2.47 bits per heavy atom. The Bertz CT molecular complexity index is 1120. The van der Waals surface area contributed by atoms with Gasteiger partial charge < -0.3 is 15.4 Å². The lowest BCUT2D eigenvalue weighted by Gasteiger charge is -2.34. The van der Waals surface area contributed by atoms with Crippen LogP contribution in [0.15, 0.2) is 47.4 Å².